The molecule has 3 N–H and O–H groups in total. The van der Waals surface area contributed by atoms with E-state index in [4.69, 9.17) is 10.8 Å². The van der Waals surface area contributed by atoms with Gasteiger partial charge in [-0.25, -0.2) is 4.39 Å². The number of benzene rings is 1. The molecule has 0 saturated heterocycles. The van der Waals surface area contributed by atoms with E-state index in [0.29, 0.717) is 0 Å². The summed E-state index contributed by atoms with van der Waals surface area (Å²) >= 11 is 0. The summed E-state index contributed by atoms with van der Waals surface area (Å²) in [7, 11) is 0. The molecule has 1 aromatic rings. The molecule has 0 fully saturated rings. The summed E-state index contributed by atoms with van der Waals surface area (Å²) < 4.78 is 12.7. The number of nitrogens with two attached hydrogens (primary N) is 1. The van der Waals surface area contributed by atoms with E-state index in [-0.39, 0.29) is 5.56 Å². The Bertz CT molecular complexity index is 364. The molecule has 1 atom stereocenters. The van der Waals surface area contributed by atoms with Crippen LogP contribution in [0.5, 0.6) is 0 Å². The Kier molecular flexibility index (Phi) is 2.81. The van der Waals surface area contributed by atoms with Crippen LogP contribution in [0.2, 0.25) is 0 Å². The van der Waals surface area contributed by atoms with Crippen molar-refractivity contribution in [1.82, 2.24) is 0 Å². The van der Waals surface area contributed by atoms with Crippen LogP contribution in [-0.4, -0.2) is 17.0 Å². The molecule has 5 heteroatoms. The lowest BCUT2D eigenvalue weighted by atomic mass is 9.99. The summed E-state index contributed by atoms with van der Waals surface area (Å²) in [5.41, 5.74) is 4.92. The Hall–Kier alpha value is -1.91. The van der Waals surface area contributed by atoms with E-state index in [1.807, 2.05) is 0 Å². The van der Waals surface area contributed by atoms with Crippen LogP contribution < -0.4 is 5.73 Å². The molecule has 14 heavy (non-hydrogen) atoms. The van der Waals surface area contributed by atoms with Crippen molar-refractivity contribution in [2.45, 2.75) is 5.92 Å². The van der Waals surface area contributed by atoms with Gasteiger partial charge in [-0.1, -0.05) is 12.1 Å². The van der Waals surface area contributed by atoms with Crippen molar-refractivity contribution in [2.75, 3.05) is 0 Å². The molecule has 1 aromatic carbocycles. The average molecular weight is 197 g/mol. The van der Waals surface area contributed by atoms with Gasteiger partial charge in [0, 0.05) is 0 Å². The third kappa shape index (κ3) is 2.07. The summed E-state index contributed by atoms with van der Waals surface area (Å²) in [6.45, 7) is 0. The smallest absolute Gasteiger partial charge is 0.320 e. The van der Waals surface area contributed by atoms with E-state index in [1.54, 1.807) is 0 Å². The maximum Gasteiger partial charge on any atom is 0.320 e. The van der Waals surface area contributed by atoms with E-state index in [2.05, 4.69) is 0 Å². The molecule has 1 rings (SSSR count). The third-order valence-corrected chi connectivity index (χ3v) is 1.71. The summed E-state index contributed by atoms with van der Waals surface area (Å²) in [6.07, 6.45) is 0. The first-order valence-corrected chi connectivity index (χ1v) is 3.80. The number of carboxylic acids is 1. The summed E-state index contributed by atoms with van der Waals surface area (Å²) in [5.74, 6) is -4.49. The number of rotatable bonds is 3. The molecule has 0 spiro atoms. The van der Waals surface area contributed by atoms with E-state index in [1.165, 1.54) is 12.1 Å². The maximum atomic E-state index is 12.7. The van der Waals surface area contributed by atoms with Gasteiger partial charge in [0.1, 0.15) is 5.82 Å². The van der Waals surface area contributed by atoms with E-state index in [9.17, 15) is 14.0 Å². The van der Waals surface area contributed by atoms with Crippen LogP contribution >= 0.6 is 0 Å². The van der Waals surface area contributed by atoms with E-state index < -0.39 is 23.6 Å². The standard InChI is InChI=1S/C9H8FNO3/c10-6-3-1-2-5(4-6)7(8(11)12)9(13)14/h1-4,7H,(H2,11,12)(H,13,14). The van der Waals surface area contributed by atoms with Crippen molar-refractivity contribution in [3.8, 4) is 0 Å². The van der Waals surface area contributed by atoms with Gasteiger partial charge in [0.25, 0.3) is 0 Å². The first kappa shape index (κ1) is 10.2. The fourth-order valence-corrected chi connectivity index (χ4v) is 1.11. The van der Waals surface area contributed by atoms with E-state index in [0.717, 1.165) is 12.1 Å². The van der Waals surface area contributed by atoms with Crippen molar-refractivity contribution >= 4 is 11.9 Å². The molecule has 0 bridgehead atoms. The summed E-state index contributed by atoms with van der Waals surface area (Å²) in [6, 6.07) is 4.79. The molecule has 0 saturated carbocycles. The normalized spacial score (nSPS) is 12.1. The highest BCUT2D eigenvalue weighted by molar-refractivity contribution is 6.01. The van der Waals surface area contributed by atoms with Gasteiger partial charge in [-0.3, -0.25) is 9.59 Å². The lowest BCUT2D eigenvalue weighted by Crippen LogP contribution is -2.28. The fraction of sp³-hybridized carbons (Fsp3) is 0.111. The number of amides is 1. The van der Waals surface area contributed by atoms with Crippen LogP contribution in [0.1, 0.15) is 11.5 Å². The first-order valence-electron chi connectivity index (χ1n) is 3.80. The average Bonchev–Trinajstić information content (AvgIpc) is 2.02. The highest BCUT2D eigenvalue weighted by Gasteiger charge is 2.25. The van der Waals surface area contributed by atoms with Gasteiger partial charge in [-0.05, 0) is 17.7 Å². The van der Waals surface area contributed by atoms with Crippen molar-refractivity contribution in [2.24, 2.45) is 5.73 Å². The minimum absolute atomic E-state index is 0.0463. The van der Waals surface area contributed by atoms with Gasteiger partial charge >= 0.3 is 5.97 Å². The molecule has 74 valence electrons. The van der Waals surface area contributed by atoms with Gasteiger partial charge in [0.15, 0.2) is 5.92 Å². The number of halogens is 1. The van der Waals surface area contributed by atoms with Gasteiger partial charge in [-0.2, -0.15) is 0 Å². The van der Waals surface area contributed by atoms with Gasteiger partial charge < -0.3 is 10.8 Å². The lowest BCUT2D eigenvalue weighted by molar-refractivity contribution is -0.142. The molecular formula is C9H8FNO3. The number of primary amides is 1. The molecule has 4 nitrogen and oxygen atoms in total. The maximum absolute atomic E-state index is 12.7. The minimum atomic E-state index is -1.49. The Balaban J connectivity index is 3.12. The second-order valence-electron chi connectivity index (χ2n) is 2.73. The number of carbonyl (C=O) groups is 2. The predicted molar refractivity (Wildman–Crippen MR) is 46.0 cm³/mol. The number of aliphatic carboxylic acids is 1. The topological polar surface area (TPSA) is 80.4 Å². The van der Waals surface area contributed by atoms with Crippen LogP contribution in [0.4, 0.5) is 4.39 Å². The highest BCUT2D eigenvalue weighted by Crippen LogP contribution is 2.16. The van der Waals surface area contributed by atoms with Crippen molar-refractivity contribution in [3.05, 3.63) is 35.6 Å². The molecule has 0 radical (unpaired) electrons. The molecule has 1 unspecified atom stereocenters. The second kappa shape index (κ2) is 3.87. The fourth-order valence-electron chi connectivity index (χ4n) is 1.11. The van der Waals surface area contributed by atoms with Crippen LogP contribution in [0.15, 0.2) is 24.3 Å². The van der Waals surface area contributed by atoms with Gasteiger partial charge in [0.2, 0.25) is 5.91 Å². The van der Waals surface area contributed by atoms with Crippen LogP contribution in [-0.2, 0) is 9.59 Å². The molecular weight excluding hydrogens is 189 g/mol. The third-order valence-electron chi connectivity index (χ3n) is 1.71. The largest absolute Gasteiger partial charge is 0.480 e. The lowest BCUT2D eigenvalue weighted by Gasteiger charge is -2.07. The Morgan fingerprint density at radius 3 is 2.50 bits per heavy atom. The Morgan fingerprint density at radius 2 is 2.07 bits per heavy atom. The number of hydrogen-bond donors (Lipinski definition) is 2. The molecule has 0 aliphatic carbocycles. The molecule has 0 heterocycles. The SMILES string of the molecule is NC(=O)C(C(=O)O)c1cccc(F)c1. The Morgan fingerprint density at radius 1 is 1.43 bits per heavy atom. The zero-order chi connectivity index (χ0) is 10.7. The predicted octanol–water partition coefficient (Wildman–Crippen LogP) is 0.479. The van der Waals surface area contributed by atoms with Gasteiger partial charge in [-0.15, -0.1) is 0 Å². The summed E-state index contributed by atoms with van der Waals surface area (Å²) in [5, 5.41) is 8.66. The Labute approximate surface area is 79.1 Å². The molecule has 0 aromatic heterocycles. The number of carboxylic acid groups (broad SMARTS) is 1. The van der Waals surface area contributed by atoms with E-state index >= 15 is 0 Å². The zero-order valence-electron chi connectivity index (χ0n) is 7.11. The highest BCUT2D eigenvalue weighted by atomic mass is 19.1. The molecule has 0 aliphatic rings. The first-order chi connectivity index (χ1) is 6.52. The number of carbonyl (C=O) groups excluding carboxylic acids is 1. The van der Waals surface area contributed by atoms with Gasteiger partial charge in [0.05, 0.1) is 0 Å². The quantitative estimate of drug-likeness (QED) is 0.691. The number of hydrogen-bond acceptors (Lipinski definition) is 2. The molecule has 1 amide bonds. The zero-order valence-corrected chi connectivity index (χ0v) is 7.11. The monoisotopic (exact) mass is 197 g/mol. The molecule has 0 aliphatic heterocycles. The van der Waals surface area contributed by atoms with Crippen LogP contribution in [0, 0.1) is 5.82 Å². The van der Waals surface area contributed by atoms with Crippen molar-refractivity contribution in [3.63, 3.8) is 0 Å². The van der Waals surface area contributed by atoms with Crippen molar-refractivity contribution in [1.29, 1.82) is 0 Å². The second-order valence-corrected chi connectivity index (χ2v) is 2.73. The van der Waals surface area contributed by atoms with Crippen LogP contribution in [0.3, 0.4) is 0 Å². The minimum Gasteiger partial charge on any atom is -0.480 e. The summed E-state index contributed by atoms with van der Waals surface area (Å²) in [4.78, 5) is 21.4. The van der Waals surface area contributed by atoms with Crippen molar-refractivity contribution < 1.29 is 19.1 Å². The van der Waals surface area contributed by atoms with Crippen LogP contribution in [0.25, 0.3) is 0 Å².